The van der Waals surface area contributed by atoms with Crippen molar-refractivity contribution in [3.8, 4) is 0 Å². The number of carboxylic acid groups (broad SMARTS) is 1. The van der Waals surface area contributed by atoms with Gasteiger partial charge in [-0.15, -0.1) is 0 Å². The summed E-state index contributed by atoms with van der Waals surface area (Å²) in [6, 6.07) is -0.319. The molecule has 0 aromatic heterocycles. The van der Waals surface area contributed by atoms with E-state index in [2.05, 4.69) is 5.32 Å². The van der Waals surface area contributed by atoms with Crippen LogP contribution in [0.25, 0.3) is 0 Å². The first kappa shape index (κ1) is 12.3. The van der Waals surface area contributed by atoms with Crippen LogP contribution in [0.15, 0.2) is 0 Å². The van der Waals surface area contributed by atoms with Crippen molar-refractivity contribution in [3.05, 3.63) is 0 Å². The van der Waals surface area contributed by atoms with Gasteiger partial charge in [0, 0.05) is 32.0 Å². The first-order valence-corrected chi connectivity index (χ1v) is 6.01. The van der Waals surface area contributed by atoms with Crippen molar-refractivity contribution >= 4 is 11.9 Å². The van der Waals surface area contributed by atoms with E-state index in [4.69, 9.17) is 5.11 Å². The van der Waals surface area contributed by atoms with Crippen molar-refractivity contribution in [2.24, 2.45) is 0 Å². The zero-order valence-electron chi connectivity index (χ0n) is 9.63. The molecular weight excluding hydrogens is 224 g/mol. The van der Waals surface area contributed by atoms with Crippen molar-refractivity contribution in [2.75, 3.05) is 13.1 Å². The molecule has 0 aromatic carbocycles. The lowest BCUT2D eigenvalue weighted by atomic mass is 10.2. The Kier molecular flexibility index (Phi) is 3.63. The van der Waals surface area contributed by atoms with Crippen LogP contribution in [0.5, 0.6) is 0 Å². The van der Waals surface area contributed by atoms with Crippen LogP contribution in [-0.2, 0) is 9.59 Å². The SMILES string of the molecule is O=C(O)[C@H]1C[C@@H](O)CN1C(=O)CCNC1CC1. The number of carbonyl (C=O) groups excluding carboxylic acids is 1. The molecular formula is C11H18N2O4. The van der Waals surface area contributed by atoms with Gasteiger partial charge >= 0.3 is 5.97 Å². The molecule has 17 heavy (non-hydrogen) atoms. The van der Waals surface area contributed by atoms with Crippen LogP contribution < -0.4 is 5.32 Å². The number of rotatable bonds is 5. The van der Waals surface area contributed by atoms with E-state index in [1.807, 2.05) is 0 Å². The van der Waals surface area contributed by atoms with Gasteiger partial charge in [-0.25, -0.2) is 4.79 Å². The molecule has 2 atom stereocenters. The second-order valence-corrected chi connectivity index (χ2v) is 4.77. The molecule has 0 radical (unpaired) electrons. The number of carboxylic acids is 1. The smallest absolute Gasteiger partial charge is 0.326 e. The fraction of sp³-hybridized carbons (Fsp3) is 0.818. The lowest BCUT2D eigenvalue weighted by molar-refractivity contribution is -0.148. The topological polar surface area (TPSA) is 89.9 Å². The molecule has 2 fully saturated rings. The number of carbonyl (C=O) groups is 2. The number of amides is 1. The monoisotopic (exact) mass is 242 g/mol. The Labute approximate surface area is 99.6 Å². The van der Waals surface area contributed by atoms with Gasteiger partial charge in [0.2, 0.25) is 5.91 Å². The van der Waals surface area contributed by atoms with E-state index >= 15 is 0 Å². The molecule has 0 bridgehead atoms. The van der Waals surface area contributed by atoms with E-state index in [-0.39, 0.29) is 18.9 Å². The summed E-state index contributed by atoms with van der Waals surface area (Å²) in [6.07, 6.45) is 2.05. The number of aliphatic hydroxyl groups is 1. The molecule has 1 amide bonds. The van der Waals surface area contributed by atoms with Gasteiger partial charge in [0.25, 0.3) is 0 Å². The molecule has 96 valence electrons. The summed E-state index contributed by atoms with van der Waals surface area (Å²) in [5, 5.41) is 21.6. The number of aliphatic hydroxyl groups excluding tert-OH is 1. The Bertz CT molecular complexity index is 317. The van der Waals surface area contributed by atoms with E-state index < -0.39 is 18.1 Å². The summed E-state index contributed by atoms with van der Waals surface area (Å²) in [4.78, 5) is 24.0. The summed E-state index contributed by atoms with van der Waals surface area (Å²) in [5.41, 5.74) is 0. The molecule has 0 unspecified atom stereocenters. The van der Waals surface area contributed by atoms with Crippen molar-refractivity contribution in [2.45, 2.75) is 43.9 Å². The maximum absolute atomic E-state index is 11.8. The first-order valence-electron chi connectivity index (χ1n) is 6.01. The van der Waals surface area contributed by atoms with Crippen molar-refractivity contribution in [1.82, 2.24) is 10.2 Å². The van der Waals surface area contributed by atoms with Crippen LogP contribution in [0.2, 0.25) is 0 Å². The van der Waals surface area contributed by atoms with E-state index in [9.17, 15) is 14.7 Å². The van der Waals surface area contributed by atoms with Crippen LogP contribution in [0.1, 0.15) is 25.7 Å². The molecule has 6 nitrogen and oxygen atoms in total. The minimum absolute atomic E-state index is 0.136. The third-order valence-electron chi connectivity index (χ3n) is 3.23. The first-order chi connectivity index (χ1) is 8.08. The predicted octanol–water partition coefficient (Wildman–Crippen LogP) is -0.825. The minimum Gasteiger partial charge on any atom is -0.480 e. The highest BCUT2D eigenvalue weighted by atomic mass is 16.4. The lowest BCUT2D eigenvalue weighted by Crippen LogP contribution is -2.41. The van der Waals surface area contributed by atoms with Gasteiger partial charge in [0.1, 0.15) is 6.04 Å². The fourth-order valence-electron chi connectivity index (χ4n) is 2.14. The maximum atomic E-state index is 11.8. The standard InChI is InChI=1S/C11H18N2O4/c14-8-5-9(11(16)17)13(6-8)10(15)3-4-12-7-1-2-7/h7-9,12,14H,1-6H2,(H,16,17)/t8-,9-/m1/s1. The van der Waals surface area contributed by atoms with Gasteiger partial charge in [0.05, 0.1) is 6.10 Å². The van der Waals surface area contributed by atoms with Gasteiger partial charge in [0.15, 0.2) is 0 Å². The largest absolute Gasteiger partial charge is 0.480 e. The number of hydrogen-bond acceptors (Lipinski definition) is 4. The summed E-state index contributed by atoms with van der Waals surface area (Å²) < 4.78 is 0. The highest BCUT2D eigenvalue weighted by molar-refractivity contribution is 5.84. The van der Waals surface area contributed by atoms with Gasteiger partial charge < -0.3 is 20.4 Å². The number of β-amino-alcohol motifs (C(OH)–C–C–N with tert-alkyl or cyclic N) is 1. The van der Waals surface area contributed by atoms with E-state index in [0.29, 0.717) is 19.0 Å². The Morgan fingerprint density at radius 2 is 2.06 bits per heavy atom. The van der Waals surface area contributed by atoms with E-state index in [0.717, 1.165) is 12.8 Å². The molecule has 2 aliphatic rings. The number of nitrogens with one attached hydrogen (secondary N) is 1. The zero-order chi connectivity index (χ0) is 12.4. The van der Waals surface area contributed by atoms with Crippen molar-refractivity contribution in [1.29, 1.82) is 0 Å². The fourth-order valence-corrected chi connectivity index (χ4v) is 2.14. The number of likely N-dealkylation sites (tertiary alicyclic amines) is 1. The molecule has 1 aliphatic heterocycles. The maximum Gasteiger partial charge on any atom is 0.326 e. The Morgan fingerprint density at radius 1 is 1.35 bits per heavy atom. The van der Waals surface area contributed by atoms with Crippen LogP contribution in [-0.4, -0.2) is 58.3 Å². The molecule has 3 N–H and O–H groups in total. The summed E-state index contributed by atoms with van der Waals surface area (Å²) >= 11 is 0. The third kappa shape index (κ3) is 3.17. The zero-order valence-corrected chi connectivity index (χ0v) is 9.63. The molecule has 1 saturated carbocycles. The molecule has 0 aromatic rings. The van der Waals surface area contributed by atoms with Crippen LogP contribution >= 0.6 is 0 Å². The molecule has 2 rings (SSSR count). The lowest BCUT2D eigenvalue weighted by Gasteiger charge is -2.21. The highest BCUT2D eigenvalue weighted by Crippen LogP contribution is 2.20. The normalized spacial score (nSPS) is 28.4. The summed E-state index contributed by atoms with van der Waals surface area (Å²) in [5.74, 6) is -1.23. The predicted molar refractivity (Wildman–Crippen MR) is 59.4 cm³/mol. The average molecular weight is 242 g/mol. The van der Waals surface area contributed by atoms with Crippen LogP contribution in [0.4, 0.5) is 0 Å². The third-order valence-corrected chi connectivity index (χ3v) is 3.23. The van der Waals surface area contributed by atoms with Gasteiger partial charge in [-0.05, 0) is 12.8 Å². The average Bonchev–Trinajstić information content (AvgIpc) is 2.99. The molecule has 1 heterocycles. The van der Waals surface area contributed by atoms with Crippen molar-refractivity contribution in [3.63, 3.8) is 0 Å². The molecule has 6 heteroatoms. The van der Waals surface area contributed by atoms with Gasteiger partial charge in [-0.2, -0.15) is 0 Å². The highest BCUT2D eigenvalue weighted by Gasteiger charge is 2.38. The molecule has 1 aliphatic carbocycles. The second kappa shape index (κ2) is 5.01. The summed E-state index contributed by atoms with van der Waals surface area (Å²) in [7, 11) is 0. The van der Waals surface area contributed by atoms with Crippen LogP contribution in [0, 0.1) is 0 Å². The number of hydrogen-bond donors (Lipinski definition) is 3. The summed E-state index contributed by atoms with van der Waals surface area (Å²) in [6.45, 7) is 0.724. The second-order valence-electron chi connectivity index (χ2n) is 4.77. The van der Waals surface area contributed by atoms with E-state index in [1.165, 1.54) is 4.90 Å². The Balaban J connectivity index is 1.81. The molecule has 0 spiro atoms. The quantitative estimate of drug-likeness (QED) is 0.586. The number of nitrogens with zero attached hydrogens (tertiary/aromatic N) is 1. The van der Waals surface area contributed by atoms with E-state index in [1.54, 1.807) is 0 Å². The van der Waals surface area contributed by atoms with Crippen molar-refractivity contribution < 1.29 is 19.8 Å². The van der Waals surface area contributed by atoms with Crippen LogP contribution in [0.3, 0.4) is 0 Å². The minimum atomic E-state index is -1.04. The Hall–Kier alpha value is -1.14. The molecule has 1 saturated heterocycles. The van der Waals surface area contributed by atoms with Gasteiger partial charge in [-0.3, -0.25) is 4.79 Å². The Morgan fingerprint density at radius 3 is 2.65 bits per heavy atom. The number of aliphatic carboxylic acids is 1. The van der Waals surface area contributed by atoms with Gasteiger partial charge in [-0.1, -0.05) is 0 Å².